The SMILES string of the molecule is CCC[C@H](C)COc1ccc(C(=CO)C(=O)N[C@H](CC)c2ccccc2)cc1. The van der Waals surface area contributed by atoms with Crippen molar-refractivity contribution in [3.63, 3.8) is 0 Å². The van der Waals surface area contributed by atoms with Gasteiger partial charge < -0.3 is 15.2 Å². The van der Waals surface area contributed by atoms with E-state index in [0.717, 1.165) is 36.8 Å². The molecule has 2 aromatic carbocycles. The van der Waals surface area contributed by atoms with Gasteiger partial charge in [-0.3, -0.25) is 4.79 Å². The number of ether oxygens (including phenoxy) is 1. The summed E-state index contributed by atoms with van der Waals surface area (Å²) in [4.78, 5) is 12.7. The Morgan fingerprint density at radius 3 is 2.36 bits per heavy atom. The minimum absolute atomic E-state index is 0.105. The standard InChI is InChI=1S/C24H31NO3/c1-4-9-18(3)17-28-21-14-12-19(13-15-21)22(16-26)24(27)25-23(5-2)20-10-7-6-8-11-20/h6-8,10-16,18,23,26H,4-5,9,17H2,1-3H3,(H,25,27)/t18-,23+/m0/s1. The molecule has 0 saturated carbocycles. The molecule has 150 valence electrons. The van der Waals surface area contributed by atoms with Crippen molar-refractivity contribution in [3.8, 4) is 5.75 Å². The summed E-state index contributed by atoms with van der Waals surface area (Å²) < 4.78 is 5.81. The lowest BCUT2D eigenvalue weighted by atomic mass is 10.0. The molecule has 2 aromatic rings. The first-order chi connectivity index (χ1) is 13.6. The normalized spacial score (nSPS) is 13.6. The van der Waals surface area contributed by atoms with Crippen LogP contribution in [0.1, 0.15) is 57.2 Å². The van der Waals surface area contributed by atoms with Crippen LogP contribution in [0.4, 0.5) is 0 Å². The Hall–Kier alpha value is -2.75. The van der Waals surface area contributed by atoms with Crippen molar-refractivity contribution in [2.75, 3.05) is 6.61 Å². The number of aliphatic hydroxyl groups excluding tert-OH is 1. The van der Waals surface area contributed by atoms with Crippen LogP contribution >= 0.6 is 0 Å². The second kappa shape index (κ2) is 11.2. The van der Waals surface area contributed by atoms with E-state index in [-0.39, 0.29) is 17.5 Å². The fourth-order valence-electron chi connectivity index (χ4n) is 3.15. The predicted molar refractivity (Wildman–Crippen MR) is 114 cm³/mol. The minimum atomic E-state index is -0.302. The third-order valence-electron chi connectivity index (χ3n) is 4.77. The highest BCUT2D eigenvalue weighted by atomic mass is 16.5. The number of nitrogens with one attached hydrogen (secondary N) is 1. The average Bonchev–Trinajstić information content (AvgIpc) is 2.73. The molecule has 0 aliphatic carbocycles. The van der Waals surface area contributed by atoms with Gasteiger partial charge in [-0.25, -0.2) is 0 Å². The van der Waals surface area contributed by atoms with Crippen LogP contribution in [0.2, 0.25) is 0 Å². The minimum Gasteiger partial charge on any atom is -0.515 e. The van der Waals surface area contributed by atoms with Gasteiger partial charge in [0.1, 0.15) is 5.75 Å². The van der Waals surface area contributed by atoms with E-state index >= 15 is 0 Å². The highest BCUT2D eigenvalue weighted by Crippen LogP contribution is 2.22. The predicted octanol–water partition coefficient (Wildman–Crippen LogP) is 5.67. The van der Waals surface area contributed by atoms with E-state index in [1.54, 1.807) is 12.1 Å². The molecule has 2 N–H and O–H groups in total. The lowest BCUT2D eigenvalue weighted by molar-refractivity contribution is -0.116. The maximum Gasteiger partial charge on any atom is 0.255 e. The van der Waals surface area contributed by atoms with Gasteiger partial charge in [-0.1, -0.05) is 69.7 Å². The summed E-state index contributed by atoms with van der Waals surface area (Å²) in [5.41, 5.74) is 1.93. The van der Waals surface area contributed by atoms with Crippen molar-refractivity contribution in [2.24, 2.45) is 5.92 Å². The fraction of sp³-hybridized carbons (Fsp3) is 0.375. The Kier molecular flexibility index (Phi) is 8.60. The molecule has 0 heterocycles. The average molecular weight is 382 g/mol. The van der Waals surface area contributed by atoms with Gasteiger partial charge in [0.25, 0.3) is 5.91 Å². The number of carbonyl (C=O) groups excluding carboxylic acids is 1. The zero-order valence-corrected chi connectivity index (χ0v) is 17.0. The first-order valence-electron chi connectivity index (χ1n) is 10.0. The van der Waals surface area contributed by atoms with Crippen molar-refractivity contribution in [3.05, 3.63) is 72.0 Å². The summed E-state index contributed by atoms with van der Waals surface area (Å²) >= 11 is 0. The summed E-state index contributed by atoms with van der Waals surface area (Å²) in [6.07, 6.45) is 3.91. The van der Waals surface area contributed by atoms with Crippen molar-refractivity contribution >= 4 is 11.5 Å². The quantitative estimate of drug-likeness (QED) is 0.412. The molecule has 1 amide bonds. The highest BCUT2D eigenvalue weighted by molar-refractivity contribution is 6.19. The van der Waals surface area contributed by atoms with Gasteiger partial charge in [-0.15, -0.1) is 0 Å². The molecule has 0 fully saturated rings. The lowest BCUT2D eigenvalue weighted by Gasteiger charge is -2.18. The van der Waals surface area contributed by atoms with Crippen LogP contribution in [-0.2, 0) is 4.79 Å². The van der Waals surface area contributed by atoms with E-state index in [4.69, 9.17) is 4.74 Å². The molecule has 2 atom stereocenters. The number of rotatable bonds is 10. The zero-order valence-electron chi connectivity index (χ0n) is 17.0. The van der Waals surface area contributed by atoms with Crippen LogP contribution in [0.25, 0.3) is 5.57 Å². The van der Waals surface area contributed by atoms with Crippen LogP contribution in [-0.4, -0.2) is 17.6 Å². The first kappa shape index (κ1) is 21.5. The number of amides is 1. The summed E-state index contributed by atoms with van der Waals surface area (Å²) in [6, 6.07) is 17.0. The number of hydrogen-bond acceptors (Lipinski definition) is 3. The first-order valence-corrected chi connectivity index (χ1v) is 10.0. The smallest absolute Gasteiger partial charge is 0.255 e. The third-order valence-corrected chi connectivity index (χ3v) is 4.77. The van der Waals surface area contributed by atoms with Gasteiger partial charge >= 0.3 is 0 Å². The Bertz CT molecular complexity index is 753. The van der Waals surface area contributed by atoms with E-state index in [2.05, 4.69) is 19.2 Å². The molecule has 0 spiro atoms. The van der Waals surface area contributed by atoms with E-state index in [1.807, 2.05) is 49.4 Å². The Labute approximate surface area is 168 Å². The molecule has 0 aliphatic heterocycles. The van der Waals surface area contributed by atoms with Crippen LogP contribution < -0.4 is 10.1 Å². The van der Waals surface area contributed by atoms with E-state index in [0.29, 0.717) is 18.1 Å². The van der Waals surface area contributed by atoms with Gasteiger partial charge in [0, 0.05) is 0 Å². The number of aliphatic hydroxyl groups is 1. The summed E-state index contributed by atoms with van der Waals surface area (Å²) in [7, 11) is 0. The Morgan fingerprint density at radius 1 is 1.11 bits per heavy atom. The summed E-state index contributed by atoms with van der Waals surface area (Å²) in [5.74, 6) is 0.968. The van der Waals surface area contributed by atoms with Crippen LogP contribution in [0.3, 0.4) is 0 Å². The summed E-state index contributed by atoms with van der Waals surface area (Å²) in [5, 5.41) is 12.7. The third kappa shape index (κ3) is 6.15. The Balaban J connectivity index is 2.02. The maximum atomic E-state index is 12.7. The largest absolute Gasteiger partial charge is 0.515 e. The molecule has 4 heteroatoms. The molecular weight excluding hydrogens is 350 g/mol. The highest BCUT2D eigenvalue weighted by Gasteiger charge is 2.17. The second-order valence-electron chi connectivity index (χ2n) is 7.12. The van der Waals surface area contributed by atoms with Gasteiger partial charge in [-0.2, -0.15) is 0 Å². The van der Waals surface area contributed by atoms with Crippen molar-refractivity contribution in [1.29, 1.82) is 0 Å². The van der Waals surface area contributed by atoms with Crippen molar-refractivity contribution in [2.45, 2.75) is 46.1 Å². The van der Waals surface area contributed by atoms with Crippen molar-refractivity contribution < 1.29 is 14.6 Å². The zero-order chi connectivity index (χ0) is 20.4. The van der Waals surface area contributed by atoms with Crippen LogP contribution in [0.5, 0.6) is 5.75 Å². The molecular formula is C24H31NO3. The number of carbonyl (C=O) groups is 1. The molecule has 0 aromatic heterocycles. The molecule has 0 bridgehead atoms. The molecule has 0 radical (unpaired) electrons. The van der Waals surface area contributed by atoms with Gasteiger partial charge in [0.05, 0.1) is 24.5 Å². The van der Waals surface area contributed by atoms with Crippen molar-refractivity contribution in [1.82, 2.24) is 5.32 Å². The molecule has 2 rings (SSSR count). The van der Waals surface area contributed by atoms with Crippen LogP contribution in [0, 0.1) is 5.92 Å². The van der Waals surface area contributed by atoms with Crippen LogP contribution in [0.15, 0.2) is 60.9 Å². The number of benzene rings is 2. The second-order valence-corrected chi connectivity index (χ2v) is 7.12. The molecule has 0 aliphatic rings. The fourth-order valence-corrected chi connectivity index (χ4v) is 3.15. The summed E-state index contributed by atoms with van der Waals surface area (Å²) in [6.45, 7) is 7.03. The van der Waals surface area contributed by atoms with E-state index in [1.165, 1.54) is 0 Å². The maximum absolute atomic E-state index is 12.7. The van der Waals surface area contributed by atoms with Gasteiger partial charge in [-0.05, 0) is 42.0 Å². The van der Waals surface area contributed by atoms with E-state index < -0.39 is 0 Å². The molecule has 0 saturated heterocycles. The lowest BCUT2D eigenvalue weighted by Crippen LogP contribution is -2.29. The topological polar surface area (TPSA) is 58.6 Å². The number of hydrogen-bond donors (Lipinski definition) is 2. The van der Waals surface area contributed by atoms with Gasteiger partial charge in [0.15, 0.2) is 0 Å². The van der Waals surface area contributed by atoms with E-state index in [9.17, 15) is 9.90 Å². The molecule has 28 heavy (non-hydrogen) atoms. The molecule has 0 unspecified atom stereocenters. The Morgan fingerprint density at radius 2 is 1.79 bits per heavy atom. The molecule has 4 nitrogen and oxygen atoms in total. The van der Waals surface area contributed by atoms with Gasteiger partial charge in [0.2, 0.25) is 0 Å². The monoisotopic (exact) mass is 381 g/mol.